The lowest BCUT2D eigenvalue weighted by molar-refractivity contribution is 0.101. The smallest absolute Gasteiger partial charge is 0.161 e. The molecule has 1 aliphatic heterocycles. The topological polar surface area (TPSA) is 45.2 Å². The van der Waals surface area contributed by atoms with Crippen LogP contribution in [0.4, 0.5) is 0 Å². The van der Waals surface area contributed by atoms with Gasteiger partial charge in [-0.15, -0.1) is 0 Å². The third-order valence-electron chi connectivity index (χ3n) is 2.29. The molecule has 1 aromatic heterocycles. The molecule has 3 nitrogen and oxygen atoms in total. The standard InChI is InChI=1S/C10H12N2O/c1-6-3-4-8-9(7(2)13)5-11-10(8)12-6/h4-6H,3H2,1-2H3,(H,11,12). The molecule has 1 atom stereocenters. The molecule has 1 unspecified atom stereocenters. The molecular formula is C10H12N2O. The Bertz CT molecular complexity index is 456. The van der Waals surface area contributed by atoms with Crippen LogP contribution >= 0.6 is 0 Å². The zero-order valence-corrected chi connectivity index (χ0v) is 7.79. The summed E-state index contributed by atoms with van der Waals surface area (Å²) in [6.07, 6.45) is 4.75. The Morgan fingerprint density at radius 3 is 3.15 bits per heavy atom. The predicted octanol–water partition coefficient (Wildman–Crippen LogP) is 0.410. The molecule has 0 saturated carbocycles. The Hall–Kier alpha value is -1.38. The highest BCUT2D eigenvalue weighted by Gasteiger charge is 2.09. The molecule has 3 heteroatoms. The predicted molar refractivity (Wildman–Crippen MR) is 50.1 cm³/mol. The van der Waals surface area contributed by atoms with Crippen LogP contribution < -0.4 is 10.7 Å². The van der Waals surface area contributed by atoms with Crippen molar-refractivity contribution in [2.24, 2.45) is 4.99 Å². The van der Waals surface area contributed by atoms with Gasteiger partial charge in [0.15, 0.2) is 5.78 Å². The molecule has 1 aromatic rings. The van der Waals surface area contributed by atoms with E-state index in [1.807, 2.05) is 0 Å². The van der Waals surface area contributed by atoms with Crippen molar-refractivity contribution in [1.29, 1.82) is 0 Å². The lowest BCUT2D eigenvalue weighted by Crippen LogP contribution is -2.31. The summed E-state index contributed by atoms with van der Waals surface area (Å²) in [6.45, 7) is 3.64. The monoisotopic (exact) mass is 176 g/mol. The van der Waals surface area contributed by atoms with Gasteiger partial charge in [0.25, 0.3) is 0 Å². The highest BCUT2D eigenvalue weighted by atomic mass is 16.1. The fourth-order valence-electron chi connectivity index (χ4n) is 1.59. The average Bonchev–Trinajstić information content (AvgIpc) is 2.46. The maximum Gasteiger partial charge on any atom is 0.161 e. The van der Waals surface area contributed by atoms with Crippen molar-refractivity contribution in [3.8, 4) is 0 Å². The van der Waals surface area contributed by atoms with E-state index in [0.29, 0.717) is 6.04 Å². The van der Waals surface area contributed by atoms with Crippen LogP contribution in [0.2, 0.25) is 0 Å². The highest BCUT2D eigenvalue weighted by Crippen LogP contribution is 2.00. The number of hydrogen-bond acceptors (Lipinski definition) is 2. The average molecular weight is 176 g/mol. The molecule has 2 rings (SSSR count). The van der Waals surface area contributed by atoms with Gasteiger partial charge in [-0.2, -0.15) is 0 Å². The van der Waals surface area contributed by atoms with Crippen molar-refractivity contribution in [2.45, 2.75) is 26.3 Å². The van der Waals surface area contributed by atoms with E-state index in [2.05, 4.69) is 23.0 Å². The maximum atomic E-state index is 11.2. The quantitative estimate of drug-likeness (QED) is 0.619. The third kappa shape index (κ3) is 1.30. The maximum absolute atomic E-state index is 11.2. The van der Waals surface area contributed by atoms with E-state index in [4.69, 9.17) is 0 Å². The van der Waals surface area contributed by atoms with Crippen molar-refractivity contribution in [1.82, 2.24) is 4.98 Å². The molecule has 0 amide bonds. The van der Waals surface area contributed by atoms with E-state index >= 15 is 0 Å². The van der Waals surface area contributed by atoms with Gasteiger partial charge in [0.1, 0.15) is 5.49 Å². The van der Waals surface area contributed by atoms with Crippen LogP contribution in [-0.4, -0.2) is 16.8 Å². The van der Waals surface area contributed by atoms with E-state index in [9.17, 15) is 4.79 Å². The molecule has 68 valence electrons. The number of carbonyl (C=O) groups excluding carboxylic acids is 1. The number of ketones is 1. The molecule has 1 aliphatic rings. The highest BCUT2D eigenvalue weighted by molar-refractivity contribution is 5.94. The molecule has 0 spiro atoms. The van der Waals surface area contributed by atoms with Crippen LogP contribution in [0.15, 0.2) is 11.2 Å². The second kappa shape index (κ2) is 2.83. The Morgan fingerprint density at radius 1 is 1.69 bits per heavy atom. The normalized spacial score (nSPS) is 20.0. The van der Waals surface area contributed by atoms with Crippen LogP contribution in [-0.2, 0) is 0 Å². The summed E-state index contributed by atoms with van der Waals surface area (Å²) in [4.78, 5) is 18.6. The number of fused-ring (bicyclic) bond motifs is 1. The second-order valence-corrected chi connectivity index (χ2v) is 3.44. The zero-order chi connectivity index (χ0) is 9.42. The number of rotatable bonds is 1. The number of aromatic amines is 1. The fourth-order valence-corrected chi connectivity index (χ4v) is 1.59. The lowest BCUT2D eigenvalue weighted by atomic mass is 10.1. The largest absolute Gasteiger partial charge is 0.346 e. The van der Waals surface area contributed by atoms with E-state index in [-0.39, 0.29) is 5.78 Å². The summed E-state index contributed by atoms with van der Waals surface area (Å²) in [5, 5.41) is 0.977. The summed E-state index contributed by atoms with van der Waals surface area (Å²) in [7, 11) is 0. The number of aromatic nitrogens is 1. The first-order valence-electron chi connectivity index (χ1n) is 4.45. The first-order chi connectivity index (χ1) is 6.18. The van der Waals surface area contributed by atoms with Crippen LogP contribution in [0.1, 0.15) is 30.6 Å². The Balaban J connectivity index is 2.70. The van der Waals surface area contributed by atoms with Gasteiger partial charge < -0.3 is 4.98 Å². The number of H-pyrrole nitrogens is 1. The van der Waals surface area contributed by atoms with Crippen molar-refractivity contribution in [3.05, 3.63) is 22.5 Å². The molecule has 0 saturated heterocycles. The summed E-state index contributed by atoms with van der Waals surface area (Å²) < 4.78 is 0. The molecule has 0 fully saturated rings. The molecule has 13 heavy (non-hydrogen) atoms. The van der Waals surface area contributed by atoms with Gasteiger partial charge in [0.2, 0.25) is 0 Å². The minimum Gasteiger partial charge on any atom is -0.346 e. The Morgan fingerprint density at radius 2 is 2.46 bits per heavy atom. The lowest BCUT2D eigenvalue weighted by Gasteiger charge is -2.04. The number of nitrogens with zero attached hydrogens (tertiary/aromatic N) is 1. The molecule has 1 N–H and O–H groups in total. The fraction of sp³-hybridized carbons (Fsp3) is 0.400. The SMILES string of the molecule is CC(=O)c1c[nH]c2c1=CCC(C)N=2. The van der Waals surface area contributed by atoms with Crippen molar-refractivity contribution < 1.29 is 4.79 Å². The molecule has 0 aromatic carbocycles. The number of Topliss-reactive ketones (excluding diaryl/α,β-unsaturated/α-hetero) is 1. The van der Waals surface area contributed by atoms with Gasteiger partial charge in [-0.1, -0.05) is 6.08 Å². The van der Waals surface area contributed by atoms with Gasteiger partial charge in [0, 0.05) is 17.0 Å². The summed E-state index contributed by atoms with van der Waals surface area (Å²) in [5.74, 6) is 0.0958. The minimum absolute atomic E-state index is 0.0958. The molecule has 0 radical (unpaired) electrons. The first kappa shape index (κ1) is 8.23. The van der Waals surface area contributed by atoms with Crippen LogP contribution in [0.5, 0.6) is 0 Å². The van der Waals surface area contributed by atoms with Gasteiger partial charge >= 0.3 is 0 Å². The van der Waals surface area contributed by atoms with E-state index < -0.39 is 0 Å². The number of nitrogens with one attached hydrogen (secondary N) is 1. The molecule has 0 bridgehead atoms. The van der Waals surface area contributed by atoms with E-state index in [1.165, 1.54) is 0 Å². The third-order valence-corrected chi connectivity index (χ3v) is 2.29. The van der Waals surface area contributed by atoms with Crippen molar-refractivity contribution >= 4 is 11.9 Å². The van der Waals surface area contributed by atoms with Gasteiger partial charge in [-0.05, 0) is 20.3 Å². The summed E-state index contributed by atoms with van der Waals surface area (Å²) in [5.41, 5.74) is 1.61. The van der Waals surface area contributed by atoms with Crippen molar-refractivity contribution in [2.75, 3.05) is 0 Å². The van der Waals surface area contributed by atoms with Crippen LogP contribution in [0.3, 0.4) is 0 Å². The molecule has 0 aliphatic carbocycles. The van der Waals surface area contributed by atoms with Gasteiger partial charge in [-0.3, -0.25) is 9.79 Å². The molecule has 2 heterocycles. The first-order valence-corrected chi connectivity index (χ1v) is 4.45. The van der Waals surface area contributed by atoms with Gasteiger partial charge in [0.05, 0.1) is 6.04 Å². The van der Waals surface area contributed by atoms with E-state index in [0.717, 1.165) is 22.7 Å². The van der Waals surface area contributed by atoms with E-state index in [1.54, 1.807) is 13.1 Å². The summed E-state index contributed by atoms with van der Waals surface area (Å²) >= 11 is 0. The number of hydrogen-bond donors (Lipinski definition) is 1. The molecular weight excluding hydrogens is 164 g/mol. The second-order valence-electron chi connectivity index (χ2n) is 3.44. The Kier molecular flexibility index (Phi) is 1.79. The Labute approximate surface area is 76.2 Å². The zero-order valence-electron chi connectivity index (χ0n) is 7.79. The summed E-state index contributed by atoms with van der Waals surface area (Å²) in [6, 6.07) is 0.325. The number of carbonyl (C=O) groups is 1. The van der Waals surface area contributed by atoms with Crippen LogP contribution in [0, 0.1) is 0 Å². The van der Waals surface area contributed by atoms with Crippen molar-refractivity contribution in [3.63, 3.8) is 0 Å². The van der Waals surface area contributed by atoms with Crippen LogP contribution in [0.25, 0.3) is 6.08 Å². The minimum atomic E-state index is 0.0958. The van der Waals surface area contributed by atoms with Gasteiger partial charge in [-0.25, -0.2) is 0 Å².